The fraction of sp³-hybridized carbons (Fsp3) is 0.778. The second-order valence-electron chi connectivity index (χ2n) is 3.29. The minimum Gasteiger partial charge on any atom is -0.291 e. The van der Waals surface area contributed by atoms with Gasteiger partial charge in [-0.2, -0.15) is 0 Å². The van der Waals surface area contributed by atoms with E-state index in [2.05, 4.69) is 19.0 Å². The molecule has 11 heavy (non-hydrogen) atoms. The highest BCUT2D eigenvalue weighted by Crippen LogP contribution is 2.16. The Morgan fingerprint density at radius 3 is 2.45 bits per heavy atom. The average Bonchev–Trinajstić information content (AvgIpc) is 1.88. The Bertz CT molecular complexity index is 130. The normalized spacial score (nSPS) is 11.6. The molecule has 0 aromatic carbocycles. The zero-order valence-corrected chi connectivity index (χ0v) is 8.03. The van der Waals surface area contributed by atoms with Crippen molar-refractivity contribution in [3.8, 4) is 0 Å². The third-order valence-electron chi connectivity index (χ3n) is 1.71. The molecule has 0 radical (unpaired) electrons. The molecular formula is C9H19NO. The van der Waals surface area contributed by atoms with E-state index in [4.69, 9.17) is 4.84 Å². The van der Waals surface area contributed by atoms with Crippen LogP contribution in [0.4, 0.5) is 0 Å². The van der Waals surface area contributed by atoms with E-state index < -0.39 is 0 Å². The van der Waals surface area contributed by atoms with Gasteiger partial charge >= 0.3 is 0 Å². The van der Waals surface area contributed by atoms with E-state index in [-0.39, 0.29) is 5.60 Å². The summed E-state index contributed by atoms with van der Waals surface area (Å²) in [5, 5.41) is 0. The maximum Gasteiger partial charge on any atom is 0.104 e. The zero-order valence-electron chi connectivity index (χ0n) is 8.03. The van der Waals surface area contributed by atoms with Crippen LogP contribution in [0, 0.1) is 0 Å². The molecule has 0 atom stereocenters. The van der Waals surface area contributed by atoms with Crippen LogP contribution in [-0.4, -0.2) is 12.1 Å². The van der Waals surface area contributed by atoms with Gasteiger partial charge in [0.05, 0.1) is 0 Å². The lowest BCUT2D eigenvalue weighted by Gasteiger charge is -2.25. The van der Waals surface area contributed by atoms with E-state index in [1.807, 2.05) is 20.8 Å². The average molecular weight is 157 g/mol. The van der Waals surface area contributed by atoms with E-state index in [1.54, 1.807) is 0 Å². The van der Waals surface area contributed by atoms with Crippen LogP contribution >= 0.6 is 0 Å². The predicted octanol–water partition coefficient (Wildman–Crippen LogP) is 2.27. The Labute approximate surface area is 69.6 Å². The molecule has 0 bridgehead atoms. The number of hydroxylamine groups is 1. The summed E-state index contributed by atoms with van der Waals surface area (Å²) in [6, 6.07) is 0. The third-order valence-corrected chi connectivity index (χ3v) is 1.71. The lowest BCUT2D eigenvalue weighted by Crippen LogP contribution is -2.33. The molecule has 0 fully saturated rings. The van der Waals surface area contributed by atoms with Crippen LogP contribution in [0.5, 0.6) is 0 Å². The van der Waals surface area contributed by atoms with Crippen LogP contribution in [0.15, 0.2) is 12.2 Å². The van der Waals surface area contributed by atoms with Crippen LogP contribution in [0.3, 0.4) is 0 Å². The molecule has 66 valence electrons. The van der Waals surface area contributed by atoms with Crippen molar-refractivity contribution >= 4 is 0 Å². The first kappa shape index (κ1) is 10.7. The number of hydrogen-bond acceptors (Lipinski definition) is 2. The molecule has 1 N–H and O–H groups in total. The van der Waals surface area contributed by atoms with Crippen molar-refractivity contribution in [2.24, 2.45) is 0 Å². The molecule has 0 amide bonds. The van der Waals surface area contributed by atoms with Crippen LogP contribution in [-0.2, 0) is 4.84 Å². The second kappa shape index (κ2) is 4.52. The summed E-state index contributed by atoms with van der Waals surface area (Å²) in [5.74, 6) is 0. The minimum absolute atomic E-state index is 0.255. The Hall–Kier alpha value is -0.340. The summed E-state index contributed by atoms with van der Waals surface area (Å²) in [5.41, 5.74) is 3.67. The standard InChI is InChI=1S/C9H19NO/c1-6-7-10-11-9(4,5)8(2)3/h10H,2,6-7H2,1,3-5H3. The maximum atomic E-state index is 5.38. The van der Waals surface area contributed by atoms with Gasteiger partial charge in [0.15, 0.2) is 0 Å². The van der Waals surface area contributed by atoms with Gasteiger partial charge in [-0.25, -0.2) is 5.48 Å². The highest BCUT2D eigenvalue weighted by molar-refractivity contribution is 5.04. The number of rotatable bonds is 5. The fourth-order valence-corrected chi connectivity index (χ4v) is 0.421. The van der Waals surface area contributed by atoms with Crippen molar-refractivity contribution in [2.45, 2.75) is 39.7 Å². The Kier molecular flexibility index (Phi) is 4.38. The van der Waals surface area contributed by atoms with Gasteiger partial charge in [0.1, 0.15) is 5.60 Å². The van der Waals surface area contributed by atoms with Crippen LogP contribution < -0.4 is 5.48 Å². The van der Waals surface area contributed by atoms with E-state index in [1.165, 1.54) is 0 Å². The maximum absolute atomic E-state index is 5.38. The van der Waals surface area contributed by atoms with Crippen molar-refractivity contribution in [1.29, 1.82) is 0 Å². The van der Waals surface area contributed by atoms with Gasteiger partial charge in [0, 0.05) is 6.54 Å². The molecule has 0 aromatic rings. The summed E-state index contributed by atoms with van der Waals surface area (Å²) in [7, 11) is 0. The van der Waals surface area contributed by atoms with Gasteiger partial charge in [-0.15, -0.1) is 0 Å². The quantitative estimate of drug-likeness (QED) is 0.375. The lowest BCUT2D eigenvalue weighted by molar-refractivity contribution is -0.0604. The smallest absolute Gasteiger partial charge is 0.104 e. The second-order valence-corrected chi connectivity index (χ2v) is 3.29. The molecule has 0 saturated heterocycles. The monoisotopic (exact) mass is 157 g/mol. The van der Waals surface area contributed by atoms with E-state index in [0.29, 0.717) is 0 Å². The highest BCUT2D eigenvalue weighted by Gasteiger charge is 2.18. The SMILES string of the molecule is C=C(C)C(C)(C)ONCCC. The first-order valence-electron chi connectivity index (χ1n) is 4.07. The van der Waals surface area contributed by atoms with Gasteiger partial charge in [-0.3, -0.25) is 4.84 Å². The van der Waals surface area contributed by atoms with E-state index in [0.717, 1.165) is 18.5 Å². The highest BCUT2D eigenvalue weighted by atomic mass is 16.7. The molecule has 0 aliphatic rings. The molecule has 0 spiro atoms. The molecule has 0 unspecified atom stereocenters. The lowest BCUT2D eigenvalue weighted by atomic mass is 10.0. The Morgan fingerprint density at radius 2 is 2.09 bits per heavy atom. The summed E-state index contributed by atoms with van der Waals surface area (Å²) in [6.45, 7) is 12.8. The third kappa shape index (κ3) is 4.17. The fourth-order valence-electron chi connectivity index (χ4n) is 0.421. The van der Waals surface area contributed by atoms with Crippen molar-refractivity contribution in [3.05, 3.63) is 12.2 Å². The van der Waals surface area contributed by atoms with Gasteiger partial charge in [-0.05, 0) is 32.8 Å². The zero-order chi connectivity index (χ0) is 8.91. The van der Waals surface area contributed by atoms with Gasteiger partial charge < -0.3 is 0 Å². The van der Waals surface area contributed by atoms with Gasteiger partial charge in [0.2, 0.25) is 0 Å². The van der Waals surface area contributed by atoms with E-state index in [9.17, 15) is 0 Å². The van der Waals surface area contributed by atoms with E-state index >= 15 is 0 Å². The first-order chi connectivity index (χ1) is 5.00. The summed E-state index contributed by atoms with van der Waals surface area (Å²) < 4.78 is 0. The summed E-state index contributed by atoms with van der Waals surface area (Å²) in [4.78, 5) is 5.38. The Balaban J connectivity index is 3.64. The molecule has 2 nitrogen and oxygen atoms in total. The van der Waals surface area contributed by atoms with Crippen LogP contribution in [0.2, 0.25) is 0 Å². The topological polar surface area (TPSA) is 21.3 Å². The molecule has 0 aliphatic carbocycles. The number of nitrogens with one attached hydrogen (secondary N) is 1. The molecule has 0 aliphatic heterocycles. The first-order valence-corrected chi connectivity index (χ1v) is 4.07. The molecule has 0 saturated carbocycles. The van der Waals surface area contributed by atoms with Gasteiger partial charge in [0.25, 0.3) is 0 Å². The van der Waals surface area contributed by atoms with Gasteiger partial charge in [-0.1, -0.05) is 13.5 Å². The molecular weight excluding hydrogens is 138 g/mol. The molecule has 2 heteroatoms. The molecule has 0 rings (SSSR count). The largest absolute Gasteiger partial charge is 0.291 e. The predicted molar refractivity (Wildman–Crippen MR) is 48.3 cm³/mol. The number of hydrogen-bond donors (Lipinski definition) is 1. The van der Waals surface area contributed by atoms with Crippen molar-refractivity contribution in [2.75, 3.05) is 6.54 Å². The molecule has 0 aromatic heterocycles. The van der Waals surface area contributed by atoms with Crippen LogP contribution in [0.1, 0.15) is 34.1 Å². The van der Waals surface area contributed by atoms with Crippen molar-refractivity contribution < 1.29 is 4.84 Å². The van der Waals surface area contributed by atoms with Crippen molar-refractivity contribution in [1.82, 2.24) is 5.48 Å². The Morgan fingerprint density at radius 1 is 1.55 bits per heavy atom. The minimum atomic E-state index is -0.255. The van der Waals surface area contributed by atoms with Crippen LogP contribution in [0.25, 0.3) is 0 Å². The van der Waals surface area contributed by atoms with Crippen molar-refractivity contribution in [3.63, 3.8) is 0 Å². The summed E-state index contributed by atoms with van der Waals surface area (Å²) in [6.07, 6.45) is 1.08. The molecule has 0 heterocycles. The summed E-state index contributed by atoms with van der Waals surface area (Å²) >= 11 is 0.